The van der Waals surface area contributed by atoms with E-state index < -0.39 is 0 Å². The van der Waals surface area contributed by atoms with E-state index in [1.165, 1.54) is 6.07 Å². The zero-order valence-electron chi connectivity index (χ0n) is 9.02. The molecule has 2 rings (SSSR count). The third kappa shape index (κ3) is 2.09. The van der Waals surface area contributed by atoms with Crippen molar-refractivity contribution in [2.75, 3.05) is 0 Å². The Balaban J connectivity index is 2.34. The number of aryl methyl sites for hydroxylation is 1. The van der Waals surface area contributed by atoms with Gasteiger partial charge in [0, 0.05) is 12.4 Å². The Labute approximate surface area is 93.9 Å². The molecular weight excluding hydrogens is 203 g/mol. The third-order valence-corrected chi connectivity index (χ3v) is 2.60. The molecule has 0 radical (unpaired) electrons. The van der Waals surface area contributed by atoms with Crippen LogP contribution in [0.3, 0.4) is 0 Å². The summed E-state index contributed by atoms with van der Waals surface area (Å²) in [4.78, 5) is 4.00. The molecule has 0 aliphatic rings. The number of nitrogens with zero attached hydrogens (tertiary/aromatic N) is 1. The molecular formula is C13H13FN2. The van der Waals surface area contributed by atoms with Crippen molar-refractivity contribution in [2.45, 2.75) is 13.0 Å². The van der Waals surface area contributed by atoms with Gasteiger partial charge in [0.25, 0.3) is 0 Å². The predicted octanol–water partition coefficient (Wildman–Crippen LogP) is 2.58. The Morgan fingerprint density at radius 2 is 2.06 bits per heavy atom. The topological polar surface area (TPSA) is 38.9 Å². The maximum absolute atomic E-state index is 13.4. The molecule has 0 aliphatic carbocycles. The number of hydrogen-bond donors (Lipinski definition) is 1. The van der Waals surface area contributed by atoms with Crippen molar-refractivity contribution >= 4 is 0 Å². The van der Waals surface area contributed by atoms with Gasteiger partial charge in [-0.05, 0) is 35.7 Å². The highest BCUT2D eigenvalue weighted by molar-refractivity contribution is 5.32. The number of benzene rings is 1. The Hall–Kier alpha value is -1.74. The SMILES string of the molecule is Cc1ccc(C(N)c2cccnc2)cc1F. The molecule has 0 amide bonds. The molecule has 0 fully saturated rings. The van der Waals surface area contributed by atoms with Crippen molar-refractivity contribution in [3.05, 3.63) is 65.2 Å². The zero-order valence-corrected chi connectivity index (χ0v) is 9.02. The molecule has 0 aliphatic heterocycles. The second-order valence-electron chi connectivity index (χ2n) is 3.77. The first-order chi connectivity index (χ1) is 7.68. The lowest BCUT2D eigenvalue weighted by molar-refractivity contribution is 0.614. The Morgan fingerprint density at radius 3 is 2.69 bits per heavy atom. The summed E-state index contributed by atoms with van der Waals surface area (Å²) in [5, 5.41) is 0. The average Bonchev–Trinajstić information content (AvgIpc) is 2.33. The number of pyridine rings is 1. The molecule has 1 atom stereocenters. The maximum Gasteiger partial charge on any atom is 0.126 e. The summed E-state index contributed by atoms with van der Waals surface area (Å²) < 4.78 is 13.4. The van der Waals surface area contributed by atoms with Crippen LogP contribution in [-0.4, -0.2) is 4.98 Å². The summed E-state index contributed by atoms with van der Waals surface area (Å²) in [5.41, 5.74) is 8.30. The van der Waals surface area contributed by atoms with E-state index in [-0.39, 0.29) is 11.9 Å². The molecule has 1 aromatic heterocycles. The maximum atomic E-state index is 13.4. The van der Waals surface area contributed by atoms with Gasteiger partial charge in [0.05, 0.1) is 6.04 Å². The van der Waals surface area contributed by atoms with Gasteiger partial charge in [0.2, 0.25) is 0 Å². The number of nitrogens with two attached hydrogens (primary N) is 1. The van der Waals surface area contributed by atoms with Crippen LogP contribution in [0.4, 0.5) is 4.39 Å². The van der Waals surface area contributed by atoms with Crippen molar-refractivity contribution < 1.29 is 4.39 Å². The summed E-state index contributed by atoms with van der Waals surface area (Å²) in [5.74, 6) is -0.225. The van der Waals surface area contributed by atoms with Gasteiger partial charge in [-0.2, -0.15) is 0 Å². The smallest absolute Gasteiger partial charge is 0.126 e. The summed E-state index contributed by atoms with van der Waals surface area (Å²) in [6.07, 6.45) is 3.38. The van der Waals surface area contributed by atoms with Crippen LogP contribution in [0.1, 0.15) is 22.7 Å². The Bertz CT molecular complexity index is 483. The van der Waals surface area contributed by atoms with Crippen LogP contribution in [0.5, 0.6) is 0 Å². The second-order valence-corrected chi connectivity index (χ2v) is 3.77. The molecule has 2 N–H and O–H groups in total. The minimum Gasteiger partial charge on any atom is -0.320 e. The molecule has 1 unspecified atom stereocenters. The van der Waals surface area contributed by atoms with Crippen LogP contribution in [0, 0.1) is 12.7 Å². The molecule has 16 heavy (non-hydrogen) atoms. The van der Waals surface area contributed by atoms with Crippen LogP contribution < -0.4 is 5.73 Å². The number of hydrogen-bond acceptors (Lipinski definition) is 2. The third-order valence-electron chi connectivity index (χ3n) is 2.60. The summed E-state index contributed by atoms with van der Waals surface area (Å²) in [6.45, 7) is 1.73. The van der Waals surface area contributed by atoms with Crippen molar-refractivity contribution in [1.29, 1.82) is 0 Å². The van der Waals surface area contributed by atoms with Gasteiger partial charge in [-0.15, -0.1) is 0 Å². The standard InChI is InChI=1S/C13H13FN2/c1-9-4-5-10(7-12(9)14)13(15)11-3-2-6-16-8-11/h2-8,13H,15H2,1H3. The van der Waals surface area contributed by atoms with E-state index in [1.54, 1.807) is 25.4 Å². The monoisotopic (exact) mass is 216 g/mol. The minimum absolute atomic E-state index is 0.225. The van der Waals surface area contributed by atoms with E-state index >= 15 is 0 Å². The highest BCUT2D eigenvalue weighted by Gasteiger charge is 2.10. The first-order valence-corrected chi connectivity index (χ1v) is 5.10. The Morgan fingerprint density at radius 1 is 1.25 bits per heavy atom. The highest BCUT2D eigenvalue weighted by atomic mass is 19.1. The fourth-order valence-corrected chi connectivity index (χ4v) is 1.55. The van der Waals surface area contributed by atoms with Crippen LogP contribution in [0.25, 0.3) is 0 Å². The van der Waals surface area contributed by atoms with Crippen LogP contribution in [0.15, 0.2) is 42.7 Å². The fraction of sp³-hybridized carbons (Fsp3) is 0.154. The largest absolute Gasteiger partial charge is 0.320 e. The van der Waals surface area contributed by atoms with Crippen molar-refractivity contribution in [1.82, 2.24) is 4.98 Å². The van der Waals surface area contributed by atoms with Gasteiger partial charge in [-0.3, -0.25) is 4.98 Å². The Kier molecular flexibility index (Phi) is 2.97. The molecule has 1 heterocycles. The van der Waals surface area contributed by atoms with Crippen LogP contribution in [0.2, 0.25) is 0 Å². The van der Waals surface area contributed by atoms with Gasteiger partial charge in [0.15, 0.2) is 0 Å². The molecule has 3 heteroatoms. The van der Waals surface area contributed by atoms with E-state index in [0.717, 1.165) is 11.1 Å². The minimum atomic E-state index is -0.330. The second kappa shape index (κ2) is 4.41. The van der Waals surface area contributed by atoms with Crippen LogP contribution >= 0.6 is 0 Å². The summed E-state index contributed by atoms with van der Waals surface area (Å²) in [7, 11) is 0. The molecule has 0 saturated carbocycles. The average molecular weight is 216 g/mol. The van der Waals surface area contributed by atoms with E-state index in [2.05, 4.69) is 4.98 Å². The van der Waals surface area contributed by atoms with E-state index in [4.69, 9.17) is 5.73 Å². The van der Waals surface area contributed by atoms with Gasteiger partial charge < -0.3 is 5.73 Å². The van der Waals surface area contributed by atoms with Crippen molar-refractivity contribution in [3.8, 4) is 0 Å². The lowest BCUT2D eigenvalue weighted by Crippen LogP contribution is -2.12. The van der Waals surface area contributed by atoms with Crippen LogP contribution in [-0.2, 0) is 0 Å². The molecule has 0 saturated heterocycles. The molecule has 1 aromatic carbocycles. The summed E-state index contributed by atoms with van der Waals surface area (Å²) >= 11 is 0. The normalized spacial score (nSPS) is 12.4. The zero-order chi connectivity index (χ0) is 11.5. The number of aromatic nitrogens is 1. The summed E-state index contributed by atoms with van der Waals surface area (Å²) in [6, 6.07) is 8.43. The fourth-order valence-electron chi connectivity index (χ4n) is 1.55. The van der Waals surface area contributed by atoms with Gasteiger partial charge in [0.1, 0.15) is 5.82 Å². The van der Waals surface area contributed by atoms with Gasteiger partial charge in [-0.1, -0.05) is 18.2 Å². The number of rotatable bonds is 2. The quantitative estimate of drug-likeness (QED) is 0.838. The van der Waals surface area contributed by atoms with Crippen molar-refractivity contribution in [3.63, 3.8) is 0 Å². The van der Waals surface area contributed by atoms with Gasteiger partial charge >= 0.3 is 0 Å². The number of halogens is 1. The van der Waals surface area contributed by atoms with Gasteiger partial charge in [-0.25, -0.2) is 4.39 Å². The first-order valence-electron chi connectivity index (χ1n) is 5.10. The molecule has 82 valence electrons. The van der Waals surface area contributed by atoms with E-state index in [9.17, 15) is 4.39 Å². The first kappa shape index (κ1) is 10.8. The van der Waals surface area contributed by atoms with Crippen molar-refractivity contribution in [2.24, 2.45) is 5.73 Å². The molecule has 2 nitrogen and oxygen atoms in total. The lowest BCUT2D eigenvalue weighted by atomic mass is 10.00. The van der Waals surface area contributed by atoms with E-state index in [1.807, 2.05) is 18.2 Å². The highest BCUT2D eigenvalue weighted by Crippen LogP contribution is 2.20. The van der Waals surface area contributed by atoms with E-state index in [0.29, 0.717) is 5.56 Å². The molecule has 0 spiro atoms. The predicted molar refractivity (Wildman–Crippen MR) is 61.4 cm³/mol. The molecule has 2 aromatic rings. The molecule has 0 bridgehead atoms. The lowest BCUT2D eigenvalue weighted by Gasteiger charge is -2.12.